The summed E-state index contributed by atoms with van der Waals surface area (Å²) in [6, 6.07) is 5.62. The number of esters is 2. The predicted octanol–water partition coefficient (Wildman–Crippen LogP) is 1.08. The van der Waals surface area contributed by atoms with Crippen LogP contribution in [-0.4, -0.2) is 48.8 Å². The van der Waals surface area contributed by atoms with Gasteiger partial charge in [0, 0.05) is 30.1 Å². The zero-order valence-corrected chi connectivity index (χ0v) is 17.2. The minimum Gasteiger partial charge on any atom is -0.466 e. The third-order valence-corrected chi connectivity index (χ3v) is 3.86. The third kappa shape index (κ3) is 9.67. The number of hydrogen-bond donors (Lipinski definition) is 4. The van der Waals surface area contributed by atoms with Crippen LogP contribution in [0.1, 0.15) is 45.1 Å². The minimum atomic E-state index is -0.780. The van der Waals surface area contributed by atoms with Gasteiger partial charge in [-0.2, -0.15) is 0 Å². The van der Waals surface area contributed by atoms with E-state index in [0.717, 1.165) is 0 Å². The molecule has 0 saturated heterocycles. The average molecular weight is 420 g/mol. The summed E-state index contributed by atoms with van der Waals surface area (Å²) in [7, 11) is 0. The van der Waals surface area contributed by atoms with Crippen LogP contribution in [0.5, 0.6) is 0 Å². The highest BCUT2D eigenvalue weighted by Crippen LogP contribution is 2.10. The lowest BCUT2D eigenvalue weighted by atomic mass is 10.1. The minimum absolute atomic E-state index is 0.0789. The van der Waals surface area contributed by atoms with Gasteiger partial charge in [0.25, 0.3) is 0 Å². The fourth-order valence-electron chi connectivity index (χ4n) is 2.50. The Morgan fingerprint density at radius 1 is 0.933 bits per heavy atom. The van der Waals surface area contributed by atoms with Crippen LogP contribution in [0.15, 0.2) is 24.3 Å². The van der Waals surface area contributed by atoms with Crippen molar-refractivity contribution in [3.05, 3.63) is 29.8 Å². The van der Waals surface area contributed by atoms with Gasteiger partial charge in [-0.25, -0.2) is 0 Å². The molecule has 0 radical (unpaired) electrons. The highest BCUT2D eigenvalue weighted by molar-refractivity contribution is 5.96. The van der Waals surface area contributed by atoms with Crippen LogP contribution < -0.4 is 16.4 Å². The molecule has 1 aromatic rings. The van der Waals surface area contributed by atoms with Gasteiger partial charge in [-0.3, -0.25) is 24.6 Å². The van der Waals surface area contributed by atoms with Gasteiger partial charge in [0.2, 0.25) is 11.8 Å². The summed E-state index contributed by atoms with van der Waals surface area (Å²) in [6.07, 6.45) is -0.564. The first-order valence-corrected chi connectivity index (χ1v) is 9.60. The highest BCUT2D eigenvalue weighted by atomic mass is 16.5. The third-order valence-electron chi connectivity index (χ3n) is 3.86. The lowest BCUT2D eigenvalue weighted by molar-refractivity contribution is -0.146. The molecule has 164 valence electrons. The van der Waals surface area contributed by atoms with E-state index >= 15 is 0 Å². The zero-order valence-electron chi connectivity index (χ0n) is 17.2. The van der Waals surface area contributed by atoms with Crippen LogP contribution >= 0.6 is 0 Å². The van der Waals surface area contributed by atoms with Crippen molar-refractivity contribution < 1.29 is 28.7 Å². The lowest BCUT2D eigenvalue weighted by Gasteiger charge is -2.17. The molecule has 5 N–H and O–H groups in total. The number of nitrogen functional groups attached to an aromatic ring is 1. The molecule has 0 bridgehead atoms. The van der Waals surface area contributed by atoms with Crippen molar-refractivity contribution in [2.24, 2.45) is 5.73 Å². The number of benzene rings is 1. The second-order valence-corrected chi connectivity index (χ2v) is 6.32. The van der Waals surface area contributed by atoms with Gasteiger partial charge in [-0.05, 0) is 38.1 Å². The van der Waals surface area contributed by atoms with Crippen molar-refractivity contribution in [3.63, 3.8) is 0 Å². The number of amides is 2. The van der Waals surface area contributed by atoms with Crippen LogP contribution in [0.2, 0.25) is 0 Å². The first-order valence-electron chi connectivity index (χ1n) is 9.60. The van der Waals surface area contributed by atoms with Gasteiger partial charge in [0.15, 0.2) is 0 Å². The maximum atomic E-state index is 12.2. The highest BCUT2D eigenvalue weighted by Gasteiger charge is 2.21. The number of hydrogen-bond acceptors (Lipinski definition) is 7. The van der Waals surface area contributed by atoms with E-state index in [1.54, 1.807) is 38.1 Å². The first kappa shape index (κ1) is 24.6. The maximum Gasteiger partial charge on any atom is 0.307 e. The van der Waals surface area contributed by atoms with Crippen LogP contribution in [-0.2, 0) is 28.7 Å². The number of anilines is 1. The molecule has 0 atom stereocenters. The Morgan fingerprint density at radius 2 is 1.43 bits per heavy atom. The SMILES string of the molecule is CCOC(=O)CC(CC(=O)OCC)NC(=O)CCC(=O)Nc1ccc(C(=N)N)cc1. The molecule has 0 aliphatic rings. The summed E-state index contributed by atoms with van der Waals surface area (Å²) in [6.45, 7) is 3.69. The Morgan fingerprint density at radius 3 is 1.90 bits per heavy atom. The Labute approximate surface area is 175 Å². The lowest BCUT2D eigenvalue weighted by Crippen LogP contribution is -2.39. The molecule has 0 spiro atoms. The van der Waals surface area contributed by atoms with E-state index in [4.69, 9.17) is 20.6 Å². The number of amidine groups is 1. The summed E-state index contributed by atoms with van der Waals surface area (Å²) >= 11 is 0. The largest absolute Gasteiger partial charge is 0.466 e. The van der Waals surface area contributed by atoms with Gasteiger partial charge in [0.05, 0.1) is 26.1 Å². The van der Waals surface area contributed by atoms with Gasteiger partial charge < -0.3 is 25.8 Å². The number of rotatable bonds is 12. The fourth-order valence-corrected chi connectivity index (χ4v) is 2.50. The van der Waals surface area contributed by atoms with Crippen molar-refractivity contribution in [2.45, 2.75) is 45.6 Å². The van der Waals surface area contributed by atoms with Gasteiger partial charge >= 0.3 is 11.9 Å². The van der Waals surface area contributed by atoms with E-state index in [2.05, 4.69) is 10.6 Å². The molecule has 0 heterocycles. The normalized spacial score (nSPS) is 10.2. The van der Waals surface area contributed by atoms with Gasteiger partial charge in [-0.1, -0.05) is 0 Å². The smallest absolute Gasteiger partial charge is 0.307 e. The zero-order chi connectivity index (χ0) is 22.5. The van der Waals surface area contributed by atoms with Gasteiger partial charge in [-0.15, -0.1) is 0 Å². The molecule has 10 heteroatoms. The van der Waals surface area contributed by atoms with Crippen molar-refractivity contribution in [2.75, 3.05) is 18.5 Å². The van der Waals surface area contributed by atoms with Crippen LogP contribution in [0, 0.1) is 5.41 Å². The molecule has 0 aliphatic carbocycles. The van der Waals surface area contributed by atoms with Crippen LogP contribution in [0.3, 0.4) is 0 Å². The summed E-state index contributed by atoms with van der Waals surface area (Å²) in [4.78, 5) is 47.6. The van der Waals surface area contributed by atoms with E-state index in [-0.39, 0.29) is 50.6 Å². The molecule has 30 heavy (non-hydrogen) atoms. The maximum absolute atomic E-state index is 12.2. The second kappa shape index (κ2) is 12.9. The standard InChI is InChI=1S/C20H28N4O6/c1-3-29-18(27)11-15(12-19(28)30-4-2)24-17(26)10-9-16(25)23-14-7-5-13(6-8-14)20(21)22/h5-8,15H,3-4,9-12H2,1-2H3,(H3,21,22)(H,23,25)(H,24,26). The molecule has 0 saturated carbocycles. The van der Waals surface area contributed by atoms with Gasteiger partial charge in [0.1, 0.15) is 5.84 Å². The number of ether oxygens (including phenoxy) is 2. The average Bonchev–Trinajstić information content (AvgIpc) is 2.67. The number of nitrogens with one attached hydrogen (secondary N) is 3. The Balaban J connectivity index is 2.53. The van der Waals surface area contributed by atoms with Crippen LogP contribution in [0.4, 0.5) is 5.69 Å². The van der Waals surface area contributed by atoms with Crippen molar-refractivity contribution >= 4 is 35.3 Å². The molecule has 10 nitrogen and oxygen atoms in total. The van der Waals surface area contributed by atoms with Crippen molar-refractivity contribution in [1.29, 1.82) is 5.41 Å². The summed E-state index contributed by atoms with van der Waals surface area (Å²) in [5.41, 5.74) is 6.41. The molecule has 0 aromatic heterocycles. The number of carbonyl (C=O) groups is 4. The van der Waals surface area contributed by atoms with Crippen LogP contribution in [0.25, 0.3) is 0 Å². The molecule has 0 fully saturated rings. The summed E-state index contributed by atoms with van der Waals surface area (Å²) in [5, 5.41) is 12.5. The molecule has 0 aliphatic heterocycles. The monoisotopic (exact) mass is 420 g/mol. The topological polar surface area (TPSA) is 161 Å². The van der Waals surface area contributed by atoms with E-state index < -0.39 is 23.9 Å². The Hall–Kier alpha value is -3.43. The second-order valence-electron chi connectivity index (χ2n) is 6.32. The van der Waals surface area contributed by atoms with E-state index in [9.17, 15) is 19.2 Å². The Kier molecular flexibility index (Phi) is 10.6. The molecular weight excluding hydrogens is 392 g/mol. The summed E-state index contributed by atoms with van der Waals surface area (Å²) < 4.78 is 9.71. The Bertz CT molecular complexity index is 743. The molecule has 1 aromatic carbocycles. The fraction of sp³-hybridized carbons (Fsp3) is 0.450. The van der Waals surface area contributed by atoms with Crippen molar-refractivity contribution in [1.82, 2.24) is 5.32 Å². The predicted molar refractivity (Wildman–Crippen MR) is 110 cm³/mol. The van der Waals surface area contributed by atoms with E-state index in [1.165, 1.54) is 0 Å². The molecule has 2 amide bonds. The number of carbonyl (C=O) groups excluding carboxylic acids is 4. The molecule has 0 unspecified atom stereocenters. The number of nitrogens with two attached hydrogens (primary N) is 1. The quantitative estimate of drug-likeness (QED) is 0.223. The van der Waals surface area contributed by atoms with E-state index in [0.29, 0.717) is 11.3 Å². The van der Waals surface area contributed by atoms with E-state index in [1.807, 2.05) is 0 Å². The first-order chi connectivity index (χ1) is 14.2. The molecule has 1 rings (SSSR count). The molecular formula is C20H28N4O6. The summed E-state index contributed by atoms with van der Waals surface area (Å²) in [5.74, 6) is -2.02. The van der Waals surface area contributed by atoms with Crippen molar-refractivity contribution in [3.8, 4) is 0 Å².